The molecule has 3 aromatic carbocycles. The van der Waals surface area contributed by atoms with Crippen LogP contribution in [0.4, 0.5) is 0 Å². The number of halogens is 4. The second-order valence-corrected chi connectivity index (χ2v) is 11.5. The fourth-order valence-corrected chi connectivity index (χ4v) is 5.22. The Kier molecular flexibility index (Phi) is 13.4. The zero-order valence-electron chi connectivity index (χ0n) is 24.1. The third-order valence-electron chi connectivity index (χ3n) is 6.59. The van der Waals surface area contributed by atoms with E-state index in [1.165, 1.54) is 6.20 Å². The first-order chi connectivity index (χ1) is 21.8. The van der Waals surface area contributed by atoms with Crippen molar-refractivity contribution in [2.75, 3.05) is 25.6 Å². The van der Waals surface area contributed by atoms with Crippen molar-refractivity contribution < 1.29 is 24.4 Å². The van der Waals surface area contributed by atoms with Crippen molar-refractivity contribution in [3.05, 3.63) is 104 Å². The van der Waals surface area contributed by atoms with Gasteiger partial charge >= 0.3 is 0 Å². The summed E-state index contributed by atoms with van der Waals surface area (Å²) in [6.45, 7) is 0.787. The summed E-state index contributed by atoms with van der Waals surface area (Å²) in [5, 5.41) is 32.4. The molecule has 45 heavy (non-hydrogen) atoms. The summed E-state index contributed by atoms with van der Waals surface area (Å²) in [6.07, 6.45) is 2.88. The number of alkyl halides is 1. The highest BCUT2D eigenvalue weighted by molar-refractivity contribution is 6.37. The predicted octanol–water partition coefficient (Wildman–Crippen LogP) is 7.19. The minimum Gasteiger partial charge on any atom is -0.492 e. The summed E-state index contributed by atoms with van der Waals surface area (Å²) < 4.78 is 18.1. The van der Waals surface area contributed by atoms with Crippen LogP contribution in [0.1, 0.15) is 28.7 Å². The molecule has 0 amide bonds. The number of pyridine rings is 1. The van der Waals surface area contributed by atoms with Gasteiger partial charge in [0.25, 0.3) is 0 Å². The smallest absolute Gasteiger partial charge is 0.142 e. The Labute approximate surface area is 282 Å². The van der Waals surface area contributed by atoms with Gasteiger partial charge in [-0.3, -0.25) is 4.98 Å². The number of benzene rings is 3. The molecule has 8 nitrogen and oxygen atoms in total. The van der Waals surface area contributed by atoms with Gasteiger partial charge in [-0.2, -0.15) is 5.26 Å². The van der Waals surface area contributed by atoms with Crippen molar-refractivity contribution in [3.63, 3.8) is 0 Å². The first kappa shape index (κ1) is 34.6. The molecule has 0 fully saturated rings. The Morgan fingerprint density at radius 3 is 2.38 bits per heavy atom. The van der Waals surface area contributed by atoms with Crippen LogP contribution in [0.5, 0.6) is 17.2 Å². The average molecular weight is 691 g/mol. The second kappa shape index (κ2) is 17.4. The van der Waals surface area contributed by atoms with E-state index >= 15 is 0 Å². The van der Waals surface area contributed by atoms with Gasteiger partial charge in [0.2, 0.25) is 0 Å². The van der Waals surface area contributed by atoms with E-state index in [1.807, 2.05) is 30.3 Å². The predicted molar refractivity (Wildman–Crippen MR) is 177 cm³/mol. The molecule has 1 aromatic heterocycles. The normalized spacial score (nSPS) is 11.6. The second-order valence-electron chi connectivity index (χ2n) is 9.92. The van der Waals surface area contributed by atoms with Crippen molar-refractivity contribution in [3.8, 4) is 34.4 Å². The molecule has 1 atom stereocenters. The highest BCUT2D eigenvalue weighted by Crippen LogP contribution is 2.40. The van der Waals surface area contributed by atoms with E-state index in [4.69, 9.17) is 65.7 Å². The number of aliphatic hydroxyl groups excluding tert-OH is 2. The lowest BCUT2D eigenvalue weighted by molar-refractivity contribution is 0.0941. The van der Waals surface area contributed by atoms with E-state index < -0.39 is 6.10 Å². The number of nitrogens with one attached hydrogen (secondary N) is 1. The molecule has 236 valence electrons. The third kappa shape index (κ3) is 9.62. The molecule has 0 saturated heterocycles. The van der Waals surface area contributed by atoms with E-state index in [2.05, 4.69) is 16.4 Å². The molecule has 0 unspecified atom stereocenters. The Balaban J connectivity index is 1.55. The number of aliphatic hydroxyl groups is 2. The fourth-order valence-electron chi connectivity index (χ4n) is 4.31. The molecule has 3 N–H and O–H groups in total. The molecule has 0 saturated carbocycles. The van der Waals surface area contributed by atoms with Crippen LogP contribution in [0, 0.1) is 11.3 Å². The van der Waals surface area contributed by atoms with Crippen LogP contribution < -0.4 is 19.5 Å². The zero-order chi connectivity index (χ0) is 32.2. The van der Waals surface area contributed by atoms with Gasteiger partial charge in [-0.1, -0.05) is 65.1 Å². The topological polar surface area (TPSA) is 117 Å². The highest BCUT2D eigenvalue weighted by Gasteiger charge is 2.17. The molecule has 4 aromatic rings. The number of nitriles is 1. The van der Waals surface area contributed by atoms with Gasteiger partial charge in [-0.25, -0.2) is 0 Å². The molecule has 0 aliphatic carbocycles. The van der Waals surface area contributed by atoms with Gasteiger partial charge in [-0.05, 0) is 24.6 Å². The van der Waals surface area contributed by atoms with Crippen LogP contribution in [0.25, 0.3) is 11.1 Å². The summed E-state index contributed by atoms with van der Waals surface area (Å²) in [5.74, 6) is 1.88. The molecule has 12 heteroatoms. The van der Waals surface area contributed by atoms with Gasteiger partial charge < -0.3 is 29.7 Å². The minimum atomic E-state index is -0.909. The van der Waals surface area contributed by atoms with Crippen LogP contribution in [0.2, 0.25) is 15.1 Å². The quantitative estimate of drug-likeness (QED) is 0.0836. The summed E-state index contributed by atoms with van der Waals surface area (Å²) >= 11 is 26.0. The first-order valence-electron chi connectivity index (χ1n) is 14.0. The maximum atomic E-state index is 9.72. The molecule has 0 spiro atoms. The molecular weight excluding hydrogens is 660 g/mol. The van der Waals surface area contributed by atoms with Gasteiger partial charge in [0.05, 0.1) is 39.9 Å². The van der Waals surface area contributed by atoms with Gasteiger partial charge in [0, 0.05) is 65.2 Å². The van der Waals surface area contributed by atoms with E-state index in [1.54, 1.807) is 30.5 Å². The molecule has 0 radical (unpaired) electrons. The number of hydrogen-bond acceptors (Lipinski definition) is 8. The van der Waals surface area contributed by atoms with Gasteiger partial charge in [0.15, 0.2) is 0 Å². The SMILES string of the molecule is N#Cc1cncc(COc2cc(OCc3cccc(-c4cccc(OCCCCl)c4Cl)c3Cl)c(Cl)cc2CNC[C@@H](O)CO)c1. The van der Waals surface area contributed by atoms with Crippen LogP contribution in [0.3, 0.4) is 0 Å². The van der Waals surface area contributed by atoms with Crippen LogP contribution in [-0.4, -0.2) is 46.9 Å². The monoisotopic (exact) mass is 689 g/mol. The first-order valence-corrected chi connectivity index (χ1v) is 15.7. The Morgan fingerprint density at radius 2 is 1.62 bits per heavy atom. The third-order valence-corrected chi connectivity index (χ3v) is 7.99. The van der Waals surface area contributed by atoms with E-state index in [9.17, 15) is 10.4 Å². The van der Waals surface area contributed by atoms with Crippen molar-refractivity contribution in [2.45, 2.75) is 32.3 Å². The lowest BCUT2D eigenvalue weighted by atomic mass is 10.0. The maximum absolute atomic E-state index is 9.72. The molecule has 0 bridgehead atoms. The number of nitrogens with zero attached hydrogens (tertiary/aromatic N) is 2. The highest BCUT2D eigenvalue weighted by atomic mass is 35.5. The lowest BCUT2D eigenvalue weighted by Gasteiger charge is -2.18. The fraction of sp³-hybridized carbons (Fsp3) is 0.273. The number of rotatable bonds is 16. The van der Waals surface area contributed by atoms with Gasteiger partial charge in [-0.15, -0.1) is 11.6 Å². The maximum Gasteiger partial charge on any atom is 0.142 e. The minimum absolute atomic E-state index is 0.101. The summed E-state index contributed by atoms with van der Waals surface area (Å²) in [6, 6.07) is 18.3. The molecule has 1 heterocycles. The van der Waals surface area contributed by atoms with Crippen LogP contribution in [-0.2, 0) is 19.8 Å². The van der Waals surface area contributed by atoms with E-state index in [0.29, 0.717) is 80.0 Å². The number of aromatic nitrogens is 1. The average Bonchev–Trinajstić information content (AvgIpc) is 3.05. The standard InChI is InChI=1S/C33H31Cl4N3O5/c34-8-3-9-43-29-7-2-6-27(33(29)37)26-5-1-4-23(32(26)36)20-45-31-12-30(44-19-22-10-21(13-38)14-39-15-22)24(11-28(31)35)16-40-17-25(42)18-41/h1-2,4-7,10-12,14-15,25,40-42H,3,8-9,16-20H2/t25-/m1/s1. The van der Waals surface area contributed by atoms with Crippen LogP contribution in [0.15, 0.2) is 67.0 Å². The Bertz CT molecular complexity index is 1630. The molecule has 0 aliphatic heterocycles. The summed E-state index contributed by atoms with van der Waals surface area (Å²) in [4.78, 5) is 4.08. The van der Waals surface area contributed by atoms with Crippen molar-refractivity contribution >= 4 is 46.4 Å². The largest absolute Gasteiger partial charge is 0.492 e. The molecular formula is C33H31Cl4N3O5. The lowest BCUT2D eigenvalue weighted by Crippen LogP contribution is -2.29. The number of ether oxygens (including phenoxy) is 3. The Hall–Kier alpha value is -3.26. The van der Waals surface area contributed by atoms with Crippen LogP contribution >= 0.6 is 46.4 Å². The molecule has 4 rings (SSSR count). The Morgan fingerprint density at radius 1 is 0.867 bits per heavy atom. The van der Waals surface area contributed by atoms with Crippen molar-refractivity contribution in [1.82, 2.24) is 10.3 Å². The van der Waals surface area contributed by atoms with Crippen molar-refractivity contribution in [1.29, 1.82) is 5.26 Å². The molecule has 0 aliphatic rings. The van der Waals surface area contributed by atoms with E-state index in [-0.39, 0.29) is 26.4 Å². The summed E-state index contributed by atoms with van der Waals surface area (Å²) in [7, 11) is 0. The van der Waals surface area contributed by atoms with Crippen molar-refractivity contribution in [2.24, 2.45) is 0 Å². The van der Waals surface area contributed by atoms with Gasteiger partial charge in [0.1, 0.15) is 36.5 Å². The van der Waals surface area contributed by atoms with E-state index in [0.717, 1.165) is 11.1 Å². The number of hydrogen-bond donors (Lipinski definition) is 3. The summed E-state index contributed by atoms with van der Waals surface area (Å²) in [5.41, 5.74) is 3.98. The zero-order valence-corrected chi connectivity index (χ0v) is 27.1.